The first-order valence-corrected chi connectivity index (χ1v) is 9.35. The van der Waals surface area contributed by atoms with Crippen LogP contribution in [0.3, 0.4) is 0 Å². The Balaban J connectivity index is 1.99. The Bertz CT molecular complexity index is 856. The van der Waals surface area contributed by atoms with Gasteiger partial charge in [-0.3, -0.25) is 4.68 Å². The lowest BCUT2D eigenvalue weighted by Crippen LogP contribution is -2.17. The van der Waals surface area contributed by atoms with Gasteiger partial charge in [-0.05, 0) is 57.2 Å². The van der Waals surface area contributed by atoms with Crippen LogP contribution in [0.4, 0.5) is 0 Å². The summed E-state index contributed by atoms with van der Waals surface area (Å²) in [5, 5.41) is 35.2. The highest BCUT2D eigenvalue weighted by Gasteiger charge is 2.30. The van der Waals surface area contributed by atoms with Crippen molar-refractivity contribution in [2.24, 2.45) is 5.92 Å². The Morgan fingerprint density at radius 2 is 1.96 bits per heavy atom. The maximum Gasteiger partial charge on any atom is 0.123 e. The van der Waals surface area contributed by atoms with Crippen molar-refractivity contribution in [3.8, 4) is 22.6 Å². The van der Waals surface area contributed by atoms with E-state index in [1.165, 1.54) is 5.57 Å². The molecule has 1 aromatic heterocycles. The molecule has 0 aliphatic heterocycles. The second kappa shape index (κ2) is 7.61. The molecule has 3 atom stereocenters. The van der Waals surface area contributed by atoms with Crippen LogP contribution in [0.1, 0.15) is 45.1 Å². The van der Waals surface area contributed by atoms with E-state index in [4.69, 9.17) is 0 Å². The third-order valence-electron chi connectivity index (χ3n) is 5.27. The van der Waals surface area contributed by atoms with Gasteiger partial charge in [-0.15, -0.1) is 0 Å². The van der Waals surface area contributed by atoms with Gasteiger partial charge in [0.1, 0.15) is 11.5 Å². The zero-order valence-electron chi connectivity index (χ0n) is 16.2. The van der Waals surface area contributed by atoms with E-state index in [-0.39, 0.29) is 23.3 Å². The van der Waals surface area contributed by atoms with E-state index in [2.05, 4.69) is 24.7 Å². The number of aromatic hydroxyl groups is 2. The standard InChI is InChI=1S/C22H28N2O3/c1-13(2)18-6-5-14(3)7-19(18)22-20(26)8-16(9-21(22)27)17-10-23-24(12-17)11-15(4)25/h7-10,12,15,18-19,25-27H,1,5-6,11H2,2-4H3/t15?,18-,19+/m0/s1. The van der Waals surface area contributed by atoms with Crippen LogP contribution in [0.5, 0.6) is 11.5 Å². The van der Waals surface area contributed by atoms with Crippen molar-refractivity contribution in [1.29, 1.82) is 0 Å². The van der Waals surface area contributed by atoms with Crippen molar-refractivity contribution in [3.63, 3.8) is 0 Å². The zero-order chi connectivity index (χ0) is 19.7. The van der Waals surface area contributed by atoms with Gasteiger partial charge < -0.3 is 15.3 Å². The molecule has 1 aromatic carbocycles. The summed E-state index contributed by atoms with van der Waals surface area (Å²) in [5.41, 5.74) is 4.35. The predicted octanol–water partition coefficient (Wildman–Crippen LogP) is 4.36. The molecule has 0 amide bonds. The number of hydrogen-bond donors (Lipinski definition) is 3. The van der Waals surface area contributed by atoms with Crippen molar-refractivity contribution in [2.75, 3.05) is 0 Å². The zero-order valence-corrected chi connectivity index (χ0v) is 16.2. The summed E-state index contributed by atoms with van der Waals surface area (Å²) in [6.45, 7) is 10.3. The third kappa shape index (κ3) is 4.08. The number of aliphatic hydroxyl groups is 1. The molecular weight excluding hydrogens is 340 g/mol. The summed E-state index contributed by atoms with van der Waals surface area (Å²) in [6, 6.07) is 3.35. The number of phenols is 2. The first kappa shape index (κ1) is 19.2. The van der Waals surface area contributed by atoms with Gasteiger partial charge in [0, 0.05) is 23.2 Å². The third-order valence-corrected chi connectivity index (χ3v) is 5.27. The summed E-state index contributed by atoms with van der Waals surface area (Å²) >= 11 is 0. The number of phenolic OH excluding ortho intramolecular Hbond substituents is 2. The number of aromatic nitrogens is 2. The van der Waals surface area contributed by atoms with Crippen LogP contribution in [0.25, 0.3) is 11.1 Å². The van der Waals surface area contributed by atoms with Crippen LogP contribution < -0.4 is 0 Å². The van der Waals surface area contributed by atoms with Gasteiger partial charge in [-0.2, -0.15) is 5.10 Å². The normalized spacial score (nSPS) is 21.0. The van der Waals surface area contributed by atoms with Gasteiger partial charge in [0.2, 0.25) is 0 Å². The van der Waals surface area contributed by atoms with Gasteiger partial charge >= 0.3 is 0 Å². The highest BCUT2D eigenvalue weighted by molar-refractivity contribution is 5.68. The fourth-order valence-electron chi connectivity index (χ4n) is 3.92. The summed E-state index contributed by atoms with van der Waals surface area (Å²) in [5.74, 6) is 0.277. The maximum atomic E-state index is 10.7. The fraction of sp³-hybridized carbons (Fsp3) is 0.409. The largest absolute Gasteiger partial charge is 0.507 e. The van der Waals surface area contributed by atoms with Crippen LogP contribution in [0.2, 0.25) is 0 Å². The molecule has 5 heteroatoms. The molecule has 144 valence electrons. The summed E-state index contributed by atoms with van der Waals surface area (Å²) in [7, 11) is 0. The van der Waals surface area contributed by atoms with Crippen molar-refractivity contribution in [1.82, 2.24) is 9.78 Å². The first-order valence-electron chi connectivity index (χ1n) is 9.35. The molecule has 0 saturated heterocycles. The Morgan fingerprint density at radius 3 is 2.56 bits per heavy atom. The molecule has 1 unspecified atom stereocenters. The Morgan fingerprint density at radius 1 is 1.30 bits per heavy atom. The number of allylic oxidation sites excluding steroid dienone is 3. The van der Waals surface area contributed by atoms with E-state index in [9.17, 15) is 15.3 Å². The van der Waals surface area contributed by atoms with Crippen LogP contribution in [-0.2, 0) is 6.54 Å². The second-order valence-electron chi connectivity index (χ2n) is 7.76. The molecule has 0 saturated carbocycles. The Labute approximate surface area is 160 Å². The first-order chi connectivity index (χ1) is 12.8. The maximum absolute atomic E-state index is 10.7. The number of benzene rings is 1. The monoisotopic (exact) mass is 368 g/mol. The minimum absolute atomic E-state index is 0.0791. The number of nitrogens with zero attached hydrogens (tertiary/aromatic N) is 2. The van der Waals surface area contributed by atoms with E-state index >= 15 is 0 Å². The van der Waals surface area contributed by atoms with E-state index in [1.807, 2.05) is 6.92 Å². The quantitative estimate of drug-likeness (QED) is 0.685. The molecule has 0 bridgehead atoms. The van der Waals surface area contributed by atoms with Crippen LogP contribution in [-0.4, -0.2) is 31.2 Å². The van der Waals surface area contributed by atoms with Gasteiger partial charge in [0.25, 0.3) is 0 Å². The SMILES string of the molecule is C=C(C)[C@@H]1CCC(C)=C[C@H]1c1c(O)cc(-c2cnn(CC(C)O)c2)cc1O. The van der Waals surface area contributed by atoms with Crippen molar-refractivity contribution in [2.45, 2.75) is 52.2 Å². The Hall–Kier alpha value is -2.53. The molecule has 0 spiro atoms. The number of aliphatic hydroxyl groups excluding tert-OH is 1. The van der Waals surface area contributed by atoms with Gasteiger partial charge in [-0.1, -0.05) is 23.8 Å². The van der Waals surface area contributed by atoms with Crippen LogP contribution >= 0.6 is 0 Å². The average molecular weight is 368 g/mol. The smallest absolute Gasteiger partial charge is 0.123 e. The lowest BCUT2D eigenvalue weighted by Gasteiger charge is -2.31. The molecule has 27 heavy (non-hydrogen) atoms. The molecule has 0 fully saturated rings. The minimum atomic E-state index is -0.498. The number of hydrogen-bond acceptors (Lipinski definition) is 4. The van der Waals surface area contributed by atoms with E-state index in [1.54, 1.807) is 36.1 Å². The minimum Gasteiger partial charge on any atom is -0.507 e. The molecule has 3 N–H and O–H groups in total. The lowest BCUT2D eigenvalue weighted by atomic mass is 9.73. The highest BCUT2D eigenvalue weighted by Crippen LogP contribution is 2.47. The molecular formula is C22H28N2O3. The average Bonchev–Trinajstić information content (AvgIpc) is 3.01. The molecule has 1 heterocycles. The molecule has 5 nitrogen and oxygen atoms in total. The van der Waals surface area contributed by atoms with E-state index in [0.717, 1.165) is 24.0 Å². The predicted molar refractivity (Wildman–Crippen MR) is 107 cm³/mol. The van der Waals surface area contributed by atoms with Gasteiger partial charge in [-0.25, -0.2) is 0 Å². The molecule has 2 aromatic rings. The van der Waals surface area contributed by atoms with Crippen molar-refractivity contribution >= 4 is 0 Å². The van der Waals surface area contributed by atoms with E-state index < -0.39 is 6.10 Å². The topological polar surface area (TPSA) is 78.5 Å². The van der Waals surface area contributed by atoms with E-state index in [0.29, 0.717) is 17.7 Å². The van der Waals surface area contributed by atoms with Crippen LogP contribution in [0, 0.1) is 5.92 Å². The van der Waals surface area contributed by atoms with Crippen LogP contribution in [0.15, 0.2) is 48.3 Å². The fourth-order valence-corrected chi connectivity index (χ4v) is 3.92. The van der Waals surface area contributed by atoms with Gasteiger partial charge in [0.05, 0.1) is 18.8 Å². The number of rotatable bonds is 5. The molecule has 1 aliphatic rings. The summed E-state index contributed by atoms with van der Waals surface area (Å²) in [6.07, 6.45) is 7.07. The van der Waals surface area contributed by atoms with Crippen molar-refractivity contribution < 1.29 is 15.3 Å². The highest BCUT2D eigenvalue weighted by atomic mass is 16.3. The Kier molecular flexibility index (Phi) is 5.42. The lowest BCUT2D eigenvalue weighted by molar-refractivity contribution is 0.168. The molecule has 0 radical (unpaired) electrons. The van der Waals surface area contributed by atoms with Crippen molar-refractivity contribution in [3.05, 3.63) is 53.9 Å². The molecule has 3 rings (SSSR count). The second-order valence-corrected chi connectivity index (χ2v) is 7.76. The summed E-state index contributed by atoms with van der Waals surface area (Å²) < 4.78 is 1.65. The summed E-state index contributed by atoms with van der Waals surface area (Å²) in [4.78, 5) is 0. The molecule has 1 aliphatic carbocycles. The van der Waals surface area contributed by atoms with Gasteiger partial charge in [0.15, 0.2) is 0 Å².